The first-order chi connectivity index (χ1) is 8.02. The number of phenols is 1. The molecule has 1 N–H and O–H groups in total. The molecule has 1 aromatic rings. The Morgan fingerprint density at radius 1 is 1.47 bits per heavy atom. The van der Waals surface area contributed by atoms with Crippen LogP contribution in [0.5, 0.6) is 5.75 Å². The van der Waals surface area contributed by atoms with Crippen molar-refractivity contribution in [3.63, 3.8) is 0 Å². The first-order valence-electron chi connectivity index (χ1n) is 5.69. The monoisotopic (exact) mass is 253 g/mol. The van der Waals surface area contributed by atoms with Gasteiger partial charge in [0.2, 0.25) is 5.91 Å². The number of alkyl halides is 1. The van der Waals surface area contributed by atoms with Crippen LogP contribution in [0.3, 0.4) is 0 Å². The molecule has 2 rings (SSSR count). The van der Waals surface area contributed by atoms with Crippen molar-refractivity contribution in [1.82, 2.24) is 0 Å². The SMILES string of the molecule is Cc1cc(C)c(O)c(N2CC(CCl)CC2=O)c1. The van der Waals surface area contributed by atoms with Gasteiger partial charge in [-0.15, -0.1) is 11.6 Å². The Morgan fingerprint density at radius 2 is 2.18 bits per heavy atom. The zero-order chi connectivity index (χ0) is 12.6. The third-order valence-electron chi connectivity index (χ3n) is 3.14. The van der Waals surface area contributed by atoms with Gasteiger partial charge in [-0.05, 0) is 37.0 Å². The molecule has 1 aliphatic rings. The Bertz CT molecular complexity index is 459. The van der Waals surface area contributed by atoms with Crippen molar-refractivity contribution in [3.8, 4) is 5.75 Å². The van der Waals surface area contributed by atoms with E-state index in [9.17, 15) is 9.90 Å². The third-order valence-corrected chi connectivity index (χ3v) is 3.58. The van der Waals surface area contributed by atoms with Crippen molar-refractivity contribution in [3.05, 3.63) is 23.3 Å². The Morgan fingerprint density at radius 3 is 2.76 bits per heavy atom. The summed E-state index contributed by atoms with van der Waals surface area (Å²) < 4.78 is 0. The smallest absolute Gasteiger partial charge is 0.227 e. The maximum absolute atomic E-state index is 11.9. The van der Waals surface area contributed by atoms with Crippen molar-refractivity contribution in [1.29, 1.82) is 0 Å². The van der Waals surface area contributed by atoms with Crippen molar-refractivity contribution < 1.29 is 9.90 Å². The number of anilines is 1. The van der Waals surface area contributed by atoms with Crippen LogP contribution >= 0.6 is 11.6 Å². The first kappa shape index (κ1) is 12.2. The number of benzene rings is 1. The molecule has 1 atom stereocenters. The molecule has 0 saturated carbocycles. The topological polar surface area (TPSA) is 40.5 Å². The van der Waals surface area contributed by atoms with E-state index in [0.717, 1.165) is 11.1 Å². The second-order valence-corrected chi connectivity index (χ2v) is 4.99. The van der Waals surface area contributed by atoms with Gasteiger partial charge in [0.15, 0.2) is 0 Å². The molecular weight excluding hydrogens is 238 g/mol. The molecule has 1 heterocycles. The lowest BCUT2D eigenvalue weighted by Crippen LogP contribution is -2.25. The van der Waals surface area contributed by atoms with Crippen molar-refractivity contribution in [2.45, 2.75) is 20.3 Å². The van der Waals surface area contributed by atoms with Gasteiger partial charge in [0, 0.05) is 18.8 Å². The normalized spacial score (nSPS) is 20.1. The largest absolute Gasteiger partial charge is 0.505 e. The highest BCUT2D eigenvalue weighted by molar-refractivity contribution is 6.18. The van der Waals surface area contributed by atoms with E-state index in [0.29, 0.717) is 24.5 Å². The third kappa shape index (κ3) is 2.25. The van der Waals surface area contributed by atoms with E-state index in [1.165, 1.54) is 0 Å². The van der Waals surface area contributed by atoms with Crippen LogP contribution in [0.1, 0.15) is 17.5 Å². The van der Waals surface area contributed by atoms with E-state index in [1.54, 1.807) is 4.90 Å². The number of nitrogens with zero attached hydrogens (tertiary/aromatic N) is 1. The average molecular weight is 254 g/mol. The maximum atomic E-state index is 11.9. The average Bonchev–Trinajstić information content (AvgIpc) is 2.65. The van der Waals surface area contributed by atoms with Crippen LogP contribution in [0.25, 0.3) is 0 Å². The lowest BCUT2D eigenvalue weighted by molar-refractivity contribution is -0.117. The lowest BCUT2D eigenvalue weighted by atomic mass is 10.1. The van der Waals surface area contributed by atoms with Crippen LogP contribution in [-0.2, 0) is 4.79 Å². The second kappa shape index (κ2) is 4.57. The number of hydrogen-bond acceptors (Lipinski definition) is 2. The highest BCUT2D eigenvalue weighted by Gasteiger charge is 2.31. The number of hydrogen-bond donors (Lipinski definition) is 1. The molecule has 0 radical (unpaired) electrons. The number of carbonyl (C=O) groups is 1. The number of carbonyl (C=O) groups excluding carboxylic acids is 1. The summed E-state index contributed by atoms with van der Waals surface area (Å²) in [5, 5.41) is 10.0. The standard InChI is InChI=1S/C13H16ClNO2/c1-8-3-9(2)13(17)11(4-8)15-7-10(6-14)5-12(15)16/h3-4,10,17H,5-7H2,1-2H3. The van der Waals surface area contributed by atoms with Crippen LogP contribution in [0.4, 0.5) is 5.69 Å². The summed E-state index contributed by atoms with van der Waals surface area (Å²) in [6.07, 6.45) is 0.468. The molecular formula is C13H16ClNO2. The summed E-state index contributed by atoms with van der Waals surface area (Å²) >= 11 is 5.79. The molecule has 92 valence electrons. The summed E-state index contributed by atoms with van der Waals surface area (Å²) in [7, 11) is 0. The summed E-state index contributed by atoms with van der Waals surface area (Å²) in [5.74, 6) is 0.896. The van der Waals surface area contributed by atoms with Crippen molar-refractivity contribution in [2.24, 2.45) is 5.92 Å². The first-order valence-corrected chi connectivity index (χ1v) is 6.23. The zero-order valence-electron chi connectivity index (χ0n) is 10.0. The number of rotatable bonds is 2. The molecule has 0 aliphatic carbocycles. The molecule has 1 fully saturated rings. The molecule has 1 saturated heterocycles. The van der Waals surface area contributed by atoms with Crippen LogP contribution < -0.4 is 4.90 Å². The summed E-state index contributed by atoms with van der Waals surface area (Å²) in [6, 6.07) is 3.75. The van der Waals surface area contributed by atoms with Gasteiger partial charge < -0.3 is 10.0 Å². The van der Waals surface area contributed by atoms with E-state index in [4.69, 9.17) is 11.6 Å². The summed E-state index contributed by atoms with van der Waals surface area (Å²) in [5.41, 5.74) is 2.44. The number of amides is 1. The molecule has 0 bridgehead atoms. The Hall–Kier alpha value is -1.22. The molecule has 1 amide bonds. The van der Waals surface area contributed by atoms with E-state index in [-0.39, 0.29) is 17.6 Å². The van der Waals surface area contributed by atoms with Gasteiger partial charge in [0.05, 0.1) is 5.69 Å². The number of phenolic OH excluding ortho intramolecular Hbond substituents is 1. The highest BCUT2D eigenvalue weighted by atomic mass is 35.5. The predicted molar refractivity (Wildman–Crippen MR) is 68.8 cm³/mol. The molecule has 0 aromatic heterocycles. The van der Waals surface area contributed by atoms with Gasteiger partial charge in [0.1, 0.15) is 5.75 Å². The van der Waals surface area contributed by atoms with E-state index >= 15 is 0 Å². The number of aromatic hydroxyl groups is 1. The fourth-order valence-corrected chi connectivity index (χ4v) is 2.47. The number of aryl methyl sites for hydroxylation is 2. The van der Waals surface area contributed by atoms with Crippen molar-refractivity contribution >= 4 is 23.2 Å². The minimum Gasteiger partial charge on any atom is -0.505 e. The van der Waals surface area contributed by atoms with Crippen LogP contribution in [-0.4, -0.2) is 23.4 Å². The Kier molecular flexibility index (Phi) is 3.29. The fraction of sp³-hybridized carbons (Fsp3) is 0.462. The molecule has 0 spiro atoms. The van der Waals surface area contributed by atoms with Gasteiger partial charge in [-0.25, -0.2) is 0 Å². The van der Waals surface area contributed by atoms with Crippen LogP contribution in [0, 0.1) is 19.8 Å². The van der Waals surface area contributed by atoms with E-state index in [2.05, 4.69) is 0 Å². The van der Waals surface area contributed by atoms with Crippen LogP contribution in [0.2, 0.25) is 0 Å². The summed E-state index contributed by atoms with van der Waals surface area (Å²) in [4.78, 5) is 13.5. The molecule has 1 aromatic carbocycles. The van der Waals surface area contributed by atoms with Crippen LogP contribution in [0.15, 0.2) is 12.1 Å². The Balaban J connectivity index is 2.38. The van der Waals surface area contributed by atoms with Gasteiger partial charge in [-0.3, -0.25) is 4.79 Å². The highest BCUT2D eigenvalue weighted by Crippen LogP contribution is 2.35. The zero-order valence-corrected chi connectivity index (χ0v) is 10.8. The van der Waals surface area contributed by atoms with Gasteiger partial charge in [-0.1, -0.05) is 6.07 Å². The minimum atomic E-state index is 0.0379. The lowest BCUT2D eigenvalue weighted by Gasteiger charge is -2.19. The minimum absolute atomic E-state index is 0.0379. The van der Waals surface area contributed by atoms with Crippen molar-refractivity contribution in [2.75, 3.05) is 17.3 Å². The van der Waals surface area contributed by atoms with Gasteiger partial charge >= 0.3 is 0 Å². The number of halogens is 1. The molecule has 17 heavy (non-hydrogen) atoms. The quantitative estimate of drug-likeness (QED) is 0.823. The van der Waals surface area contributed by atoms with Gasteiger partial charge in [0.25, 0.3) is 0 Å². The van der Waals surface area contributed by atoms with E-state index in [1.807, 2.05) is 26.0 Å². The van der Waals surface area contributed by atoms with Gasteiger partial charge in [-0.2, -0.15) is 0 Å². The van der Waals surface area contributed by atoms with E-state index < -0.39 is 0 Å². The molecule has 4 heteroatoms. The molecule has 3 nitrogen and oxygen atoms in total. The Labute approximate surface area is 106 Å². The molecule has 1 aliphatic heterocycles. The summed E-state index contributed by atoms with van der Waals surface area (Å²) in [6.45, 7) is 4.39. The predicted octanol–water partition coefficient (Wildman–Crippen LogP) is 2.60. The molecule has 1 unspecified atom stereocenters. The maximum Gasteiger partial charge on any atom is 0.227 e. The second-order valence-electron chi connectivity index (χ2n) is 4.68. The fourth-order valence-electron chi connectivity index (χ4n) is 2.26.